The van der Waals surface area contributed by atoms with Crippen molar-refractivity contribution in [1.29, 1.82) is 0 Å². The van der Waals surface area contributed by atoms with E-state index in [1.54, 1.807) is 0 Å². The van der Waals surface area contributed by atoms with Crippen molar-refractivity contribution in [3.8, 4) is 0 Å². The van der Waals surface area contributed by atoms with E-state index in [2.05, 4.69) is 58.6 Å². The Morgan fingerprint density at radius 1 is 0.923 bits per heavy atom. The first-order valence-corrected chi connectivity index (χ1v) is 15.4. The zero-order valence-corrected chi connectivity index (χ0v) is 25.4. The molecular formula is C33H52N2O4. The number of fused-ring (bicyclic) bond motifs is 7. The van der Waals surface area contributed by atoms with Gasteiger partial charge in [-0.1, -0.05) is 51.9 Å². The minimum absolute atomic E-state index is 0.0236. The third kappa shape index (κ3) is 3.81. The van der Waals surface area contributed by atoms with Gasteiger partial charge in [-0.25, -0.2) is 0 Å². The van der Waals surface area contributed by atoms with Crippen LogP contribution in [0.2, 0.25) is 0 Å². The fourth-order valence-electron chi connectivity index (χ4n) is 12.1. The smallest absolute Gasteiger partial charge is 0.309 e. The van der Waals surface area contributed by atoms with Crippen molar-refractivity contribution in [2.75, 3.05) is 7.11 Å². The van der Waals surface area contributed by atoms with Crippen LogP contribution in [0.15, 0.2) is 17.3 Å². The van der Waals surface area contributed by atoms with Gasteiger partial charge in [0.15, 0.2) is 0 Å². The number of hydrogen-bond acceptors (Lipinski definition) is 4. The van der Waals surface area contributed by atoms with Crippen molar-refractivity contribution in [2.24, 2.45) is 61.8 Å². The highest BCUT2D eigenvalue weighted by atomic mass is 16.6. The summed E-state index contributed by atoms with van der Waals surface area (Å²) in [6, 6.07) is 0.114. The summed E-state index contributed by atoms with van der Waals surface area (Å²) in [5.74, 6) is 1.38. The summed E-state index contributed by atoms with van der Waals surface area (Å²) in [6.45, 7) is 18.9. The maximum Gasteiger partial charge on any atom is 0.309 e. The van der Waals surface area contributed by atoms with Gasteiger partial charge in [0.05, 0.1) is 5.41 Å². The molecule has 1 amide bonds. The van der Waals surface area contributed by atoms with Gasteiger partial charge in [-0.2, -0.15) is 0 Å². The number of aliphatic carboxylic acids is 1. The van der Waals surface area contributed by atoms with Gasteiger partial charge in [0, 0.05) is 6.04 Å². The van der Waals surface area contributed by atoms with Crippen LogP contribution in [-0.2, 0) is 14.4 Å². The number of oxime groups is 1. The number of allylic oxidation sites excluding steroid dienone is 1. The molecule has 0 aliphatic heterocycles. The molecule has 5 saturated carbocycles. The zero-order chi connectivity index (χ0) is 28.6. The van der Waals surface area contributed by atoms with Gasteiger partial charge < -0.3 is 15.3 Å². The van der Waals surface area contributed by atoms with E-state index in [0.717, 1.165) is 51.4 Å². The van der Waals surface area contributed by atoms with Crippen LogP contribution in [0.1, 0.15) is 106 Å². The number of rotatable bonds is 5. The second-order valence-electron chi connectivity index (χ2n) is 15.5. The van der Waals surface area contributed by atoms with Crippen LogP contribution in [-0.4, -0.2) is 36.3 Å². The van der Waals surface area contributed by atoms with E-state index in [4.69, 9.17) is 4.84 Å². The number of carbonyl (C=O) groups excluding carboxylic acids is 1. The Kier molecular flexibility index (Phi) is 6.87. The lowest BCUT2D eigenvalue weighted by molar-refractivity contribution is -0.240. The lowest BCUT2D eigenvalue weighted by Gasteiger charge is -2.73. The number of amides is 1. The molecule has 39 heavy (non-hydrogen) atoms. The van der Waals surface area contributed by atoms with Crippen LogP contribution in [0.25, 0.3) is 0 Å². The fourth-order valence-corrected chi connectivity index (χ4v) is 12.1. The SMILES string of the molecule is C=C(C)[C@@H]1CC[C@]2(C(=O)O)CC[C@]3(C)[C@H](CCC4[C@@]5(C)CC[C@H](NC(=O)/C=N/OC)C(C)(C)C5CC[C@]43C)C12. The van der Waals surface area contributed by atoms with Gasteiger partial charge >= 0.3 is 5.97 Å². The molecule has 0 aromatic rings. The topological polar surface area (TPSA) is 88.0 Å². The summed E-state index contributed by atoms with van der Waals surface area (Å²) >= 11 is 0. The van der Waals surface area contributed by atoms with Gasteiger partial charge in [-0.15, -0.1) is 0 Å². The molecule has 0 radical (unpaired) electrons. The molecule has 3 unspecified atom stereocenters. The normalized spacial score (nSPS) is 48.3. The van der Waals surface area contributed by atoms with E-state index >= 15 is 0 Å². The number of carbonyl (C=O) groups is 2. The molecule has 218 valence electrons. The molecule has 6 nitrogen and oxygen atoms in total. The lowest BCUT2D eigenvalue weighted by atomic mass is 9.32. The maximum atomic E-state index is 12.9. The zero-order valence-electron chi connectivity index (χ0n) is 25.4. The van der Waals surface area contributed by atoms with Crippen LogP contribution in [0.5, 0.6) is 0 Å². The highest BCUT2D eigenvalue weighted by Gasteiger charge is 2.72. The largest absolute Gasteiger partial charge is 0.481 e. The first-order valence-electron chi connectivity index (χ1n) is 15.4. The molecule has 5 rings (SSSR count). The Morgan fingerprint density at radius 2 is 1.64 bits per heavy atom. The van der Waals surface area contributed by atoms with Crippen LogP contribution < -0.4 is 5.32 Å². The molecule has 2 N–H and O–H groups in total. The highest BCUT2D eigenvalue weighted by Crippen LogP contribution is 2.77. The average molecular weight is 541 g/mol. The summed E-state index contributed by atoms with van der Waals surface area (Å²) in [7, 11) is 1.45. The maximum absolute atomic E-state index is 12.9. The Labute approximate surface area is 235 Å². The van der Waals surface area contributed by atoms with Gasteiger partial charge in [-0.05, 0) is 122 Å². The predicted molar refractivity (Wildman–Crippen MR) is 154 cm³/mol. The Hall–Kier alpha value is -1.85. The van der Waals surface area contributed by atoms with Crippen molar-refractivity contribution in [1.82, 2.24) is 5.32 Å². The summed E-state index contributed by atoms with van der Waals surface area (Å²) in [5.41, 5.74) is 1.12. The summed E-state index contributed by atoms with van der Waals surface area (Å²) in [5, 5.41) is 17.5. The van der Waals surface area contributed by atoms with E-state index in [9.17, 15) is 14.7 Å². The first-order chi connectivity index (χ1) is 18.2. The van der Waals surface area contributed by atoms with E-state index in [1.807, 2.05) is 0 Å². The molecule has 0 heterocycles. The fraction of sp³-hybridized carbons (Fsp3) is 0.848. The molecule has 0 aromatic heterocycles. The van der Waals surface area contributed by atoms with Gasteiger partial charge in [-0.3, -0.25) is 9.59 Å². The second kappa shape index (κ2) is 9.34. The summed E-state index contributed by atoms with van der Waals surface area (Å²) in [4.78, 5) is 30.1. The molecule has 0 spiro atoms. The highest BCUT2D eigenvalue weighted by molar-refractivity contribution is 6.26. The number of hydrogen-bond donors (Lipinski definition) is 2. The number of carboxylic acids is 1. The van der Waals surface area contributed by atoms with Crippen molar-refractivity contribution in [3.05, 3.63) is 12.2 Å². The minimum Gasteiger partial charge on any atom is -0.481 e. The quantitative estimate of drug-likeness (QED) is 0.227. The van der Waals surface area contributed by atoms with E-state index in [0.29, 0.717) is 23.7 Å². The van der Waals surface area contributed by atoms with E-state index in [-0.39, 0.29) is 39.5 Å². The number of nitrogens with zero attached hydrogens (tertiary/aromatic N) is 1. The number of carboxylic acid groups (broad SMARTS) is 1. The van der Waals surface area contributed by atoms with Crippen LogP contribution in [0.3, 0.4) is 0 Å². The summed E-state index contributed by atoms with van der Waals surface area (Å²) in [6.07, 6.45) is 11.6. The molecule has 5 aliphatic rings. The standard InChI is InChI=1S/C33H52N2O4/c1-20(2)21-11-16-33(28(37)38)18-17-31(6)22(27(21)33)9-10-24-30(5)14-13-25(35-26(36)19-34-39-8)29(3,4)23(30)12-15-32(24,31)7/h19,21-25,27H,1,9-18H2,2-8H3,(H,35,36)(H,37,38)/b34-19+/t21-,22+,23?,24?,25-,27?,30-,31+,32+,33-/m0/s1. The molecule has 6 heteroatoms. The van der Waals surface area contributed by atoms with Crippen LogP contribution in [0, 0.1) is 56.7 Å². The van der Waals surface area contributed by atoms with Crippen LogP contribution in [0.4, 0.5) is 0 Å². The van der Waals surface area contributed by atoms with Crippen molar-refractivity contribution in [2.45, 2.75) is 112 Å². The van der Waals surface area contributed by atoms with Crippen molar-refractivity contribution < 1.29 is 19.5 Å². The Balaban J connectivity index is 1.46. The Bertz CT molecular complexity index is 1070. The van der Waals surface area contributed by atoms with Gasteiger partial charge in [0.25, 0.3) is 5.91 Å². The average Bonchev–Trinajstić information content (AvgIpc) is 3.26. The molecule has 5 fully saturated rings. The molecule has 10 atom stereocenters. The molecule has 0 bridgehead atoms. The molecule has 0 aromatic carbocycles. The molecule has 0 saturated heterocycles. The van der Waals surface area contributed by atoms with Crippen LogP contribution >= 0.6 is 0 Å². The predicted octanol–water partition coefficient (Wildman–Crippen LogP) is 6.85. The third-order valence-electron chi connectivity index (χ3n) is 14.1. The van der Waals surface area contributed by atoms with Gasteiger partial charge in [0.1, 0.15) is 13.3 Å². The third-order valence-corrected chi connectivity index (χ3v) is 14.1. The van der Waals surface area contributed by atoms with Crippen molar-refractivity contribution >= 4 is 18.1 Å². The Morgan fingerprint density at radius 3 is 2.28 bits per heavy atom. The van der Waals surface area contributed by atoms with Crippen molar-refractivity contribution in [3.63, 3.8) is 0 Å². The lowest BCUT2D eigenvalue weighted by Crippen LogP contribution is -2.68. The first kappa shape index (κ1) is 28.7. The second-order valence-corrected chi connectivity index (χ2v) is 15.5. The van der Waals surface area contributed by atoms with E-state index < -0.39 is 11.4 Å². The molecule has 5 aliphatic carbocycles. The van der Waals surface area contributed by atoms with Gasteiger partial charge in [0.2, 0.25) is 0 Å². The number of nitrogens with one attached hydrogen (secondary N) is 1. The van der Waals surface area contributed by atoms with E-state index in [1.165, 1.54) is 31.7 Å². The summed E-state index contributed by atoms with van der Waals surface area (Å²) < 4.78 is 0. The monoisotopic (exact) mass is 540 g/mol. The minimum atomic E-state index is -0.567. The molecular weight excluding hydrogens is 488 g/mol.